The topological polar surface area (TPSA) is 75.4 Å². The van der Waals surface area contributed by atoms with Crippen molar-refractivity contribution < 1.29 is 9.90 Å². The molecule has 0 spiro atoms. The molecule has 1 saturated carbocycles. The lowest BCUT2D eigenvalue weighted by atomic mass is 10.1. The van der Waals surface area contributed by atoms with Crippen LogP contribution in [0.25, 0.3) is 0 Å². The molecule has 76 valence electrons. The normalized spacial score (nSPS) is 30.1. The van der Waals surface area contributed by atoms with E-state index in [2.05, 4.69) is 5.32 Å². The van der Waals surface area contributed by atoms with Crippen molar-refractivity contribution in [3.63, 3.8) is 0 Å². The number of hydrogen-bond donors (Lipinski definition) is 3. The van der Waals surface area contributed by atoms with Gasteiger partial charge in [0.15, 0.2) is 0 Å². The first kappa shape index (κ1) is 10.5. The monoisotopic (exact) mass is 186 g/mol. The number of nitrogens with one attached hydrogen (secondary N) is 1. The van der Waals surface area contributed by atoms with E-state index in [0.717, 1.165) is 19.3 Å². The van der Waals surface area contributed by atoms with Gasteiger partial charge >= 0.3 is 0 Å². The quantitative estimate of drug-likeness (QED) is 0.562. The Balaban J connectivity index is 2.16. The highest BCUT2D eigenvalue weighted by molar-refractivity contribution is 5.80. The highest BCUT2D eigenvalue weighted by atomic mass is 16.3. The van der Waals surface area contributed by atoms with Gasteiger partial charge in [-0.05, 0) is 32.1 Å². The molecule has 1 aliphatic rings. The van der Waals surface area contributed by atoms with E-state index >= 15 is 0 Å². The van der Waals surface area contributed by atoms with Crippen LogP contribution in [0.1, 0.15) is 26.2 Å². The van der Waals surface area contributed by atoms with Gasteiger partial charge in [0.2, 0.25) is 5.91 Å². The third-order valence-electron chi connectivity index (χ3n) is 2.49. The first-order valence-electron chi connectivity index (χ1n) is 4.81. The number of carbonyl (C=O) groups excluding carboxylic acids is 1. The van der Waals surface area contributed by atoms with Crippen LogP contribution in [0.15, 0.2) is 0 Å². The van der Waals surface area contributed by atoms with E-state index in [0.29, 0.717) is 12.5 Å². The average Bonchev–Trinajstić information content (AvgIpc) is 2.47. The summed E-state index contributed by atoms with van der Waals surface area (Å²) >= 11 is 0. The SMILES string of the molecule is C[C@@H](N)C(=O)NCC1CCC(O)C1. The Morgan fingerprint density at radius 3 is 2.85 bits per heavy atom. The smallest absolute Gasteiger partial charge is 0.236 e. The predicted molar refractivity (Wildman–Crippen MR) is 50.0 cm³/mol. The molecule has 0 aliphatic heterocycles. The molecule has 4 nitrogen and oxygen atoms in total. The molecule has 0 aromatic heterocycles. The highest BCUT2D eigenvalue weighted by Gasteiger charge is 2.23. The number of nitrogens with two attached hydrogens (primary N) is 1. The van der Waals surface area contributed by atoms with Gasteiger partial charge in [-0.3, -0.25) is 4.79 Å². The Kier molecular flexibility index (Phi) is 3.69. The third kappa shape index (κ3) is 3.32. The number of rotatable bonds is 3. The standard InChI is InChI=1S/C9H18N2O2/c1-6(10)9(13)11-5-7-2-3-8(12)4-7/h6-8,12H,2-5,10H2,1H3,(H,11,13)/t6-,7?,8?/m1/s1. The maximum atomic E-state index is 11.1. The van der Waals surface area contributed by atoms with Gasteiger partial charge in [0.1, 0.15) is 0 Å². The van der Waals surface area contributed by atoms with Crippen molar-refractivity contribution >= 4 is 5.91 Å². The van der Waals surface area contributed by atoms with E-state index in [1.807, 2.05) is 0 Å². The molecule has 2 unspecified atom stereocenters. The van der Waals surface area contributed by atoms with Crippen LogP contribution >= 0.6 is 0 Å². The Labute approximate surface area is 78.5 Å². The van der Waals surface area contributed by atoms with Crippen molar-refractivity contribution in [1.82, 2.24) is 5.32 Å². The first-order valence-corrected chi connectivity index (χ1v) is 4.81. The molecule has 0 radical (unpaired) electrons. The molecule has 4 heteroatoms. The lowest BCUT2D eigenvalue weighted by Crippen LogP contribution is -2.40. The first-order chi connectivity index (χ1) is 6.09. The maximum Gasteiger partial charge on any atom is 0.236 e. The van der Waals surface area contributed by atoms with Crippen LogP contribution in [0.4, 0.5) is 0 Å². The molecule has 3 atom stereocenters. The zero-order valence-electron chi connectivity index (χ0n) is 7.99. The molecule has 4 N–H and O–H groups in total. The fraction of sp³-hybridized carbons (Fsp3) is 0.889. The van der Waals surface area contributed by atoms with Crippen LogP contribution < -0.4 is 11.1 Å². The van der Waals surface area contributed by atoms with Gasteiger partial charge in [-0.15, -0.1) is 0 Å². The predicted octanol–water partition coefficient (Wildman–Crippen LogP) is -0.389. The lowest BCUT2D eigenvalue weighted by molar-refractivity contribution is -0.122. The minimum Gasteiger partial charge on any atom is -0.393 e. The minimum atomic E-state index is -0.439. The summed E-state index contributed by atoms with van der Waals surface area (Å²) in [4.78, 5) is 11.1. The average molecular weight is 186 g/mol. The summed E-state index contributed by atoms with van der Waals surface area (Å²) < 4.78 is 0. The molecule has 0 bridgehead atoms. The van der Waals surface area contributed by atoms with Crippen LogP contribution in [-0.4, -0.2) is 29.7 Å². The fourth-order valence-corrected chi connectivity index (χ4v) is 1.64. The summed E-state index contributed by atoms with van der Waals surface area (Å²) in [5.74, 6) is 0.319. The summed E-state index contributed by atoms with van der Waals surface area (Å²) in [6.45, 7) is 2.32. The second kappa shape index (κ2) is 4.58. The number of carbonyl (C=O) groups is 1. The van der Waals surface area contributed by atoms with E-state index in [1.165, 1.54) is 0 Å². The Bertz CT molecular complexity index is 182. The van der Waals surface area contributed by atoms with Gasteiger partial charge in [-0.2, -0.15) is 0 Å². The van der Waals surface area contributed by atoms with Gasteiger partial charge < -0.3 is 16.2 Å². The molecule has 0 heterocycles. The number of aliphatic hydroxyl groups is 1. The highest BCUT2D eigenvalue weighted by Crippen LogP contribution is 2.24. The molecule has 1 amide bonds. The van der Waals surface area contributed by atoms with Gasteiger partial charge in [0.05, 0.1) is 12.1 Å². The van der Waals surface area contributed by atoms with Gasteiger partial charge in [-0.1, -0.05) is 0 Å². The molecule has 13 heavy (non-hydrogen) atoms. The van der Waals surface area contributed by atoms with Crippen molar-refractivity contribution in [1.29, 1.82) is 0 Å². The van der Waals surface area contributed by atoms with Crippen LogP contribution in [0.2, 0.25) is 0 Å². The fourth-order valence-electron chi connectivity index (χ4n) is 1.64. The Morgan fingerprint density at radius 1 is 1.69 bits per heavy atom. The Morgan fingerprint density at radius 2 is 2.38 bits per heavy atom. The van der Waals surface area contributed by atoms with Crippen molar-refractivity contribution in [2.24, 2.45) is 11.7 Å². The number of amides is 1. The van der Waals surface area contributed by atoms with Gasteiger partial charge in [-0.25, -0.2) is 0 Å². The van der Waals surface area contributed by atoms with Crippen LogP contribution in [0.5, 0.6) is 0 Å². The summed E-state index contributed by atoms with van der Waals surface area (Å²) in [7, 11) is 0. The van der Waals surface area contributed by atoms with Crippen molar-refractivity contribution in [2.45, 2.75) is 38.3 Å². The molecule has 0 aromatic rings. The van der Waals surface area contributed by atoms with Crippen molar-refractivity contribution in [3.8, 4) is 0 Å². The van der Waals surface area contributed by atoms with Gasteiger partial charge in [0.25, 0.3) is 0 Å². The second-order valence-corrected chi connectivity index (χ2v) is 3.87. The van der Waals surface area contributed by atoms with Gasteiger partial charge in [0, 0.05) is 6.54 Å². The third-order valence-corrected chi connectivity index (χ3v) is 2.49. The molecule has 0 aromatic carbocycles. The largest absolute Gasteiger partial charge is 0.393 e. The van der Waals surface area contributed by atoms with E-state index in [1.54, 1.807) is 6.92 Å². The van der Waals surface area contributed by atoms with E-state index in [-0.39, 0.29) is 12.0 Å². The lowest BCUT2D eigenvalue weighted by Gasteiger charge is -2.12. The summed E-state index contributed by atoms with van der Waals surface area (Å²) in [5.41, 5.74) is 5.39. The molecule has 0 saturated heterocycles. The maximum absolute atomic E-state index is 11.1. The molecular formula is C9H18N2O2. The molecule has 1 rings (SSSR count). The van der Waals surface area contributed by atoms with Crippen LogP contribution in [0, 0.1) is 5.92 Å². The molecule has 1 fully saturated rings. The molecule has 1 aliphatic carbocycles. The number of hydrogen-bond acceptors (Lipinski definition) is 3. The number of aliphatic hydroxyl groups excluding tert-OH is 1. The zero-order chi connectivity index (χ0) is 9.84. The Hall–Kier alpha value is -0.610. The second-order valence-electron chi connectivity index (χ2n) is 3.87. The minimum absolute atomic E-state index is 0.110. The van der Waals surface area contributed by atoms with Crippen LogP contribution in [0.3, 0.4) is 0 Å². The van der Waals surface area contributed by atoms with Crippen LogP contribution in [-0.2, 0) is 4.79 Å². The summed E-state index contributed by atoms with van der Waals surface area (Å²) in [5, 5.41) is 12.0. The van der Waals surface area contributed by atoms with E-state index in [4.69, 9.17) is 5.73 Å². The summed E-state index contributed by atoms with van der Waals surface area (Å²) in [6.07, 6.45) is 2.50. The van der Waals surface area contributed by atoms with Crippen molar-refractivity contribution in [3.05, 3.63) is 0 Å². The molecular weight excluding hydrogens is 168 g/mol. The van der Waals surface area contributed by atoms with Crippen molar-refractivity contribution in [2.75, 3.05) is 6.54 Å². The summed E-state index contributed by atoms with van der Waals surface area (Å²) in [6, 6.07) is -0.439. The zero-order valence-corrected chi connectivity index (χ0v) is 7.99. The van der Waals surface area contributed by atoms with E-state index < -0.39 is 6.04 Å². The van der Waals surface area contributed by atoms with E-state index in [9.17, 15) is 9.90 Å².